The lowest BCUT2D eigenvalue weighted by Crippen LogP contribution is -2.63. The number of ether oxygens (including phenoxy) is 1. The quantitative estimate of drug-likeness (QED) is 0.846. The molecule has 0 radical (unpaired) electrons. The highest BCUT2D eigenvalue weighted by atomic mass is 16.5. The van der Waals surface area contributed by atoms with E-state index in [-0.39, 0.29) is 0 Å². The maximum atomic E-state index is 5.79. The van der Waals surface area contributed by atoms with Crippen LogP contribution >= 0.6 is 0 Å². The van der Waals surface area contributed by atoms with Gasteiger partial charge in [-0.25, -0.2) is 0 Å². The molecule has 3 nitrogen and oxygen atoms in total. The van der Waals surface area contributed by atoms with Crippen molar-refractivity contribution in [1.29, 1.82) is 0 Å². The first-order chi connectivity index (χ1) is 9.31. The molecule has 0 bridgehead atoms. The fourth-order valence-corrected chi connectivity index (χ4v) is 4.27. The van der Waals surface area contributed by atoms with Gasteiger partial charge in [-0.05, 0) is 38.5 Å². The summed E-state index contributed by atoms with van der Waals surface area (Å²) in [6.45, 7) is 7.04. The fourth-order valence-electron chi connectivity index (χ4n) is 4.27. The summed E-state index contributed by atoms with van der Waals surface area (Å²) in [6, 6.07) is 0.743. The Morgan fingerprint density at radius 2 is 2.11 bits per heavy atom. The normalized spacial score (nSPS) is 35.2. The van der Waals surface area contributed by atoms with Crippen LogP contribution in [0.3, 0.4) is 0 Å². The lowest BCUT2D eigenvalue weighted by Gasteiger charge is -2.46. The van der Waals surface area contributed by atoms with E-state index < -0.39 is 0 Å². The van der Waals surface area contributed by atoms with Gasteiger partial charge in [0.25, 0.3) is 0 Å². The average molecular weight is 266 g/mol. The van der Waals surface area contributed by atoms with Crippen molar-refractivity contribution in [2.45, 2.75) is 76.0 Å². The Balaban J connectivity index is 1.55. The van der Waals surface area contributed by atoms with E-state index in [4.69, 9.17) is 4.74 Å². The Bertz CT molecular complexity index is 282. The molecule has 0 aromatic carbocycles. The molecular weight excluding hydrogens is 236 g/mol. The van der Waals surface area contributed by atoms with Gasteiger partial charge in [0.15, 0.2) is 0 Å². The van der Waals surface area contributed by atoms with Crippen LogP contribution in [0.25, 0.3) is 0 Å². The van der Waals surface area contributed by atoms with Crippen molar-refractivity contribution >= 4 is 0 Å². The largest absolute Gasteiger partial charge is 0.378 e. The van der Waals surface area contributed by atoms with E-state index in [0.29, 0.717) is 11.6 Å². The van der Waals surface area contributed by atoms with Gasteiger partial charge >= 0.3 is 0 Å². The summed E-state index contributed by atoms with van der Waals surface area (Å²) in [7, 11) is 0. The highest BCUT2D eigenvalue weighted by molar-refractivity contribution is 5.00. The van der Waals surface area contributed by atoms with Gasteiger partial charge in [-0.15, -0.1) is 0 Å². The highest BCUT2D eigenvalue weighted by Gasteiger charge is 2.40. The summed E-state index contributed by atoms with van der Waals surface area (Å²) in [5, 5.41) is 3.88. The number of nitrogens with one attached hydrogen (secondary N) is 1. The summed E-state index contributed by atoms with van der Waals surface area (Å²) in [4.78, 5) is 2.77. The molecule has 0 amide bonds. The van der Waals surface area contributed by atoms with Gasteiger partial charge in [0.2, 0.25) is 0 Å². The summed E-state index contributed by atoms with van der Waals surface area (Å²) < 4.78 is 5.79. The van der Waals surface area contributed by atoms with Crippen LogP contribution in [-0.2, 0) is 4.74 Å². The Morgan fingerprint density at radius 1 is 1.26 bits per heavy atom. The fraction of sp³-hybridized carbons (Fsp3) is 1.00. The van der Waals surface area contributed by atoms with Crippen LogP contribution in [0.2, 0.25) is 0 Å². The number of hydrogen-bond acceptors (Lipinski definition) is 3. The number of hydrogen-bond donors (Lipinski definition) is 1. The van der Waals surface area contributed by atoms with Gasteiger partial charge in [0.05, 0.1) is 6.10 Å². The van der Waals surface area contributed by atoms with Crippen molar-refractivity contribution in [1.82, 2.24) is 10.2 Å². The first-order valence-electron chi connectivity index (χ1n) is 8.42. The first kappa shape index (κ1) is 13.8. The van der Waals surface area contributed by atoms with Crippen molar-refractivity contribution in [2.24, 2.45) is 0 Å². The number of piperazine rings is 1. The van der Waals surface area contributed by atoms with E-state index in [1.165, 1.54) is 71.0 Å². The SMILES string of the molecule is CCC1CNC2(CCCC2)CN1CCC1CCCO1. The van der Waals surface area contributed by atoms with Gasteiger partial charge in [-0.3, -0.25) is 4.90 Å². The van der Waals surface area contributed by atoms with E-state index in [1.807, 2.05) is 0 Å². The molecule has 3 aliphatic rings. The molecule has 2 unspecified atom stereocenters. The van der Waals surface area contributed by atoms with E-state index in [2.05, 4.69) is 17.1 Å². The Labute approximate surface area is 118 Å². The molecule has 2 saturated heterocycles. The van der Waals surface area contributed by atoms with Crippen LogP contribution in [0.4, 0.5) is 0 Å². The Kier molecular flexibility index (Phi) is 4.45. The molecule has 1 N–H and O–H groups in total. The van der Waals surface area contributed by atoms with E-state index in [9.17, 15) is 0 Å². The summed E-state index contributed by atoms with van der Waals surface area (Å²) in [5.41, 5.74) is 0.461. The van der Waals surface area contributed by atoms with Gasteiger partial charge in [-0.1, -0.05) is 19.8 Å². The zero-order valence-electron chi connectivity index (χ0n) is 12.5. The second-order valence-corrected chi connectivity index (χ2v) is 6.82. The van der Waals surface area contributed by atoms with Crippen molar-refractivity contribution in [3.05, 3.63) is 0 Å². The third kappa shape index (κ3) is 3.14. The lowest BCUT2D eigenvalue weighted by atomic mass is 9.91. The van der Waals surface area contributed by atoms with Gasteiger partial charge < -0.3 is 10.1 Å². The standard InChI is InChI=1S/C16H30N2O/c1-2-14-12-17-16(8-3-4-9-16)13-18(14)10-7-15-6-5-11-19-15/h14-15,17H,2-13H2,1H3. The van der Waals surface area contributed by atoms with Crippen LogP contribution < -0.4 is 5.32 Å². The minimum absolute atomic E-state index is 0.461. The van der Waals surface area contributed by atoms with E-state index in [1.54, 1.807) is 0 Å². The van der Waals surface area contributed by atoms with Gasteiger partial charge in [0, 0.05) is 37.8 Å². The predicted octanol–water partition coefficient (Wildman–Crippen LogP) is 2.55. The summed E-state index contributed by atoms with van der Waals surface area (Å²) in [5.74, 6) is 0. The first-order valence-corrected chi connectivity index (χ1v) is 8.42. The Hall–Kier alpha value is -0.120. The van der Waals surface area contributed by atoms with Crippen molar-refractivity contribution in [3.63, 3.8) is 0 Å². The zero-order valence-corrected chi connectivity index (χ0v) is 12.5. The second-order valence-electron chi connectivity index (χ2n) is 6.82. The maximum Gasteiger partial charge on any atom is 0.0588 e. The van der Waals surface area contributed by atoms with Crippen LogP contribution in [0.1, 0.15) is 58.3 Å². The number of nitrogens with zero attached hydrogens (tertiary/aromatic N) is 1. The molecule has 3 rings (SSSR count). The zero-order chi connectivity index (χ0) is 13.1. The molecule has 0 aromatic rings. The minimum atomic E-state index is 0.461. The third-order valence-corrected chi connectivity index (χ3v) is 5.53. The highest BCUT2D eigenvalue weighted by Crippen LogP contribution is 2.33. The lowest BCUT2D eigenvalue weighted by molar-refractivity contribution is 0.0492. The topological polar surface area (TPSA) is 24.5 Å². The molecule has 2 aliphatic heterocycles. The minimum Gasteiger partial charge on any atom is -0.378 e. The average Bonchev–Trinajstić information content (AvgIpc) is 3.09. The number of rotatable bonds is 4. The molecule has 2 atom stereocenters. The molecular formula is C16H30N2O. The molecule has 1 aliphatic carbocycles. The van der Waals surface area contributed by atoms with Gasteiger partial charge in [-0.2, -0.15) is 0 Å². The second kappa shape index (κ2) is 6.11. The van der Waals surface area contributed by atoms with Gasteiger partial charge in [0.1, 0.15) is 0 Å². The van der Waals surface area contributed by atoms with Crippen LogP contribution in [0.5, 0.6) is 0 Å². The third-order valence-electron chi connectivity index (χ3n) is 5.53. The molecule has 110 valence electrons. The van der Waals surface area contributed by atoms with E-state index >= 15 is 0 Å². The molecule has 1 spiro atoms. The molecule has 1 saturated carbocycles. The summed E-state index contributed by atoms with van der Waals surface area (Å²) >= 11 is 0. The molecule has 19 heavy (non-hydrogen) atoms. The maximum absolute atomic E-state index is 5.79. The van der Waals surface area contributed by atoms with Crippen LogP contribution in [0, 0.1) is 0 Å². The van der Waals surface area contributed by atoms with Crippen molar-refractivity contribution in [2.75, 3.05) is 26.2 Å². The van der Waals surface area contributed by atoms with E-state index in [0.717, 1.165) is 12.6 Å². The molecule has 2 heterocycles. The van der Waals surface area contributed by atoms with Crippen molar-refractivity contribution in [3.8, 4) is 0 Å². The monoisotopic (exact) mass is 266 g/mol. The van der Waals surface area contributed by atoms with Crippen molar-refractivity contribution < 1.29 is 4.74 Å². The van der Waals surface area contributed by atoms with Crippen LogP contribution in [-0.4, -0.2) is 48.8 Å². The molecule has 3 fully saturated rings. The van der Waals surface area contributed by atoms with Crippen LogP contribution in [0.15, 0.2) is 0 Å². The smallest absolute Gasteiger partial charge is 0.0588 e. The summed E-state index contributed by atoms with van der Waals surface area (Å²) in [6.07, 6.45) is 11.2. The predicted molar refractivity (Wildman–Crippen MR) is 78.4 cm³/mol. The molecule has 3 heteroatoms. The Morgan fingerprint density at radius 3 is 2.79 bits per heavy atom. The molecule has 0 aromatic heterocycles.